The van der Waals surface area contributed by atoms with Crippen LogP contribution in [0.1, 0.15) is 25.0 Å². The average molecular weight is 269 g/mol. The Balaban J connectivity index is 2.83. The maximum absolute atomic E-state index is 10.9. The van der Waals surface area contributed by atoms with E-state index in [0.29, 0.717) is 6.42 Å². The van der Waals surface area contributed by atoms with E-state index in [1.54, 1.807) is 6.08 Å². The molecule has 80 valence electrons. The van der Waals surface area contributed by atoms with Crippen LogP contribution in [-0.4, -0.2) is 5.97 Å². The van der Waals surface area contributed by atoms with Gasteiger partial charge in [-0.15, -0.1) is 6.58 Å². The lowest BCUT2D eigenvalue weighted by atomic mass is 10.1. The predicted octanol–water partition coefficient (Wildman–Crippen LogP) is 3.63. The number of hydrogen-bond donors (Lipinski definition) is 0. The molecule has 0 N–H and O–H groups in total. The molecule has 0 aliphatic rings. The molecule has 0 saturated carbocycles. The van der Waals surface area contributed by atoms with E-state index >= 15 is 0 Å². The van der Waals surface area contributed by atoms with E-state index in [1.165, 1.54) is 6.92 Å². The van der Waals surface area contributed by atoms with Crippen molar-refractivity contribution in [1.29, 1.82) is 0 Å². The van der Waals surface area contributed by atoms with Gasteiger partial charge < -0.3 is 4.74 Å². The lowest BCUT2D eigenvalue weighted by Crippen LogP contribution is -2.07. The second kappa shape index (κ2) is 5.71. The van der Waals surface area contributed by atoms with Gasteiger partial charge in [0.15, 0.2) is 0 Å². The van der Waals surface area contributed by atoms with Crippen molar-refractivity contribution in [2.45, 2.75) is 19.4 Å². The molecule has 15 heavy (non-hydrogen) atoms. The van der Waals surface area contributed by atoms with Gasteiger partial charge in [-0.1, -0.05) is 34.1 Å². The van der Waals surface area contributed by atoms with E-state index in [0.717, 1.165) is 10.0 Å². The molecule has 1 aromatic rings. The standard InChI is InChI=1S/C12H13BrO2/c1-3-4-12(15-9(2)14)10-5-7-11(13)8-6-10/h3,5-8,12H,1,4H2,2H3/t12-/m1/s1. The van der Waals surface area contributed by atoms with E-state index in [4.69, 9.17) is 4.74 Å². The minimum atomic E-state index is -0.273. The summed E-state index contributed by atoms with van der Waals surface area (Å²) < 4.78 is 6.20. The van der Waals surface area contributed by atoms with Gasteiger partial charge >= 0.3 is 5.97 Å². The van der Waals surface area contributed by atoms with Crippen LogP contribution in [0.25, 0.3) is 0 Å². The van der Waals surface area contributed by atoms with Crippen LogP contribution in [0.4, 0.5) is 0 Å². The first-order chi connectivity index (χ1) is 7.13. The molecule has 0 spiro atoms. The highest BCUT2D eigenvalue weighted by Crippen LogP contribution is 2.23. The molecule has 0 heterocycles. The van der Waals surface area contributed by atoms with Crippen LogP contribution in [0.3, 0.4) is 0 Å². The summed E-state index contributed by atoms with van der Waals surface area (Å²) in [5.74, 6) is -0.273. The van der Waals surface area contributed by atoms with E-state index in [-0.39, 0.29) is 12.1 Å². The summed E-state index contributed by atoms with van der Waals surface area (Å²) in [5, 5.41) is 0. The number of ether oxygens (including phenoxy) is 1. The summed E-state index contributed by atoms with van der Waals surface area (Å²) in [6.45, 7) is 5.06. The third-order valence-electron chi connectivity index (χ3n) is 1.93. The molecule has 0 unspecified atom stereocenters. The minimum absolute atomic E-state index is 0.229. The molecule has 0 saturated heterocycles. The lowest BCUT2D eigenvalue weighted by Gasteiger charge is -2.15. The SMILES string of the molecule is C=CC[C@@H](OC(C)=O)c1ccc(Br)cc1. The van der Waals surface area contributed by atoms with Crippen molar-refractivity contribution in [2.75, 3.05) is 0 Å². The quantitative estimate of drug-likeness (QED) is 0.616. The monoisotopic (exact) mass is 268 g/mol. The van der Waals surface area contributed by atoms with Crippen molar-refractivity contribution in [1.82, 2.24) is 0 Å². The fourth-order valence-electron chi connectivity index (χ4n) is 1.28. The number of esters is 1. The highest BCUT2D eigenvalue weighted by molar-refractivity contribution is 9.10. The zero-order valence-electron chi connectivity index (χ0n) is 8.57. The molecule has 0 fully saturated rings. The maximum atomic E-state index is 10.9. The van der Waals surface area contributed by atoms with Gasteiger partial charge in [0.1, 0.15) is 6.10 Å². The van der Waals surface area contributed by atoms with Crippen LogP contribution in [0.15, 0.2) is 41.4 Å². The molecule has 0 aliphatic carbocycles. The lowest BCUT2D eigenvalue weighted by molar-refractivity contribution is -0.146. The van der Waals surface area contributed by atoms with Crippen LogP contribution in [-0.2, 0) is 9.53 Å². The van der Waals surface area contributed by atoms with Crippen LogP contribution in [0.5, 0.6) is 0 Å². The predicted molar refractivity (Wildman–Crippen MR) is 63.5 cm³/mol. The Labute approximate surface area is 98.1 Å². The van der Waals surface area contributed by atoms with Gasteiger partial charge in [-0.05, 0) is 17.7 Å². The molecule has 3 heteroatoms. The maximum Gasteiger partial charge on any atom is 0.303 e. The average Bonchev–Trinajstić information content (AvgIpc) is 2.17. The van der Waals surface area contributed by atoms with Crippen LogP contribution < -0.4 is 0 Å². The molecule has 0 bridgehead atoms. The van der Waals surface area contributed by atoms with Gasteiger partial charge in [-0.25, -0.2) is 0 Å². The van der Waals surface area contributed by atoms with Crippen LogP contribution in [0.2, 0.25) is 0 Å². The third-order valence-corrected chi connectivity index (χ3v) is 2.46. The van der Waals surface area contributed by atoms with Gasteiger partial charge in [-0.3, -0.25) is 4.79 Å². The number of carbonyl (C=O) groups excluding carboxylic acids is 1. The van der Waals surface area contributed by atoms with Crippen LogP contribution in [0, 0.1) is 0 Å². The molecule has 0 aliphatic heterocycles. The van der Waals surface area contributed by atoms with E-state index in [2.05, 4.69) is 22.5 Å². The Morgan fingerprint density at radius 1 is 1.53 bits per heavy atom. The van der Waals surface area contributed by atoms with Gasteiger partial charge in [-0.2, -0.15) is 0 Å². The van der Waals surface area contributed by atoms with Gasteiger partial charge in [0.2, 0.25) is 0 Å². The molecule has 0 amide bonds. The van der Waals surface area contributed by atoms with E-state index in [1.807, 2.05) is 24.3 Å². The van der Waals surface area contributed by atoms with E-state index < -0.39 is 0 Å². The zero-order valence-corrected chi connectivity index (χ0v) is 10.2. The fourth-order valence-corrected chi connectivity index (χ4v) is 1.55. The summed E-state index contributed by atoms with van der Waals surface area (Å²) in [7, 11) is 0. The zero-order chi connectivity index (χ0) is 11.3. The molecular formula is C12H13BrO2. The third kappa shape index (κ3) is 3.88. The number of benzene rings is 1. The Kier molecular flexibility index (Phi) is 4.56. The first-order valence-corrected chi connectivity index (χ1v) is 5.46. The van der Waals surface area contributed by atoms with Crippen molar-refractivity contribution in [2.24, 2.45) is 0 Å². The Hall–Kier alpha value is -1.09. The molecule has 0 aromatic heterocycles. The minimum Gasteiger partial charge on any atom is -0.457 e. The Morgan fingerprint density at radius 2 is 2.13 bits per heavy atom. The van der Waals surface area contributed by atoms with Gasteiger partial charge in [0.05, 0.1) is 0 Å². The first-order valence-electron chi connectivity index (χ1n) is 4.67. The molecule has 1 aromatic carbocycles. The summed E-state index contributed by atoms with van der Waals surface area (Å²) in [6, 6.07) is 7.71. The molecule has 0 radical (unpaired) electrons. The second-order valence-corrected chi connectivity index (χ2v) is 4.09. The molecule has 1 rings (SSSR count). The van der Waals surface area contributed by atoms with Crippen LogP contribution >= 0.6 is 15.9 Å². The summed E-state index contributed by atoms with van der Waals surface area (Å²) in [5.41, 5.74) is 0.980. The van der Waals surface area contributed by atoms with E-state index in [9.17, 15) is 4.79 Å². The van der Waals surface area contributed by atoms with Crippen molar-refractivity contribution in [3.8, 4) is 0 Å². The smallest absolute Gasteiger partial charge is 0.303 e. The first kappa shape index (κ1) is 12.0. The largest absolute Gasteiger partial charge is 0.457 e. The second-order valence-electron chi connectivity index (χ2n) is 3.17. The van der Waals surface area contributed by atoms with Crippen molar-refractivity contribution < 1.29 is 9.53 Å². The summed E-state index contributed by atoms with van der Waals surface area (Å²) >= 11 is 3.36. The number of halogens is 1. The Morgan fingerprint density at radius 3 is 2.60 bits per heavy atom. The van der Waals surface area contributed by atoms with Crippen molar-refractivity contribution >= 4 is 21.9 Å². The van der Waals surface area contributed by atoms with Gasteiger partial charge in [0, 0.05) is 17.8 Å². The Bertz CT molecular complexity index is 343. The fraction of sp³-hybridized carbons (Fsp3) is 0.250. The molecule has 1 atom stereocenters. The normalized spacial score (nSPS) is 11.9. The topological polar surface area (TPSA) is 26.3 Å². The molecular weight excluding hydrogens is 256 g/mol. The van der Waals surface area contributed by atoms with Crippen molar-refractivity contribution in [3.63, 3.8) is 0 Å². The van der Waals surface area contributed by atoms with Crippen molar-refractivity contribution in [3.05, 3.63) is 47.0 Å². The molecule has 2 nitrogen and oxygen atoms in total. The number of hydrogen-bond acceptors (Lipinski definition) is 2. The summed E-state index contributed by atoms with van der Waals surface area (Å²) in [4.78, 5) is 10.9. The summed E-state index contributed by atoms with van der Waals surface area (Å²) in [6.07, 6.45) is 2.14. The van der Waals surface area contributed by atoms with Gasteiger partial charge in [0.25, 0.3) is 0 Å². The number of carbonyl (C=O) groups is 1. The highest BCUT2D eigenvalue weighted by Gasteiger charge is 2.12. The highest BCUT2D eigenvalue weighted by atomic mass is 79.9. The number of rotatable bonds is 4.